The Kier molecular flexibility index (Phi) is 7.75. The lowest BCUT2D eigenvalue weighted by atomic mass is 9.81. The fourth-order valence-corrected chi connectivity index (χ4v) is 8.39. The number of benzene rings is 7. The average molecular weight is 701 g/mol. The van der Waals surface area contributed by atoms with Crippen LogP contribution >= 0.6 is 0 Å². The molecule has 0 aromatic heterocycles. The number of aromatic hydroxyl groups is 2. The Morgan fingerprint density at radius 2 is 0.741 bits per heavy atom. The predicted molar refractivity (Wildman–Crippen MR) is 223 cm³/mol. The Morgan fingerprint density at radius 3 is 1.17 bits per heavy atom. The monoisotopic (exact) mass is 700 g/mol. The van der Waals surface area contributed by atoms with Crippen LogP contribution in [0.3, 0.4) is 0 Å². The Labute approximate surface area is 316 Å². The van der Waals surface area contributed by atoms with E-state index in [-0.39, 0.29) is 22.3 Å². The molecule has 7 aromatic carbocycles. The summed E-state index contributed by atoms with van der Waals surface area (Å²) in [6.07, 6.45) is 3.33. The molecule has 0 unspecified atom stereocenters. The number of fused-ring (bicyclic) bond motifs is 6. The van der Waals surface area contributed by atoms with Gasteiger partial charge in [0.15, 0.2) is 0 Å². The molecule has 0 aliphatic heterocycles. The van der Waals surface area contributed by atoms with Crippen LogP contribution in [0.1, 0.15) is 61.1 Å². The minimum atomic E-state index is -0.0945. The first-order valence-electron chi connectivity index (χ1n) is 18.4. The number of phenols is 2. The average Bonchev–Trinajstić information content (AvgIpc) is 3.56. The number of phenolic OH excluding ortho intramolecular Hbond substituents is 2. The lowest BCUT2D eigenvalue weighted by Gasteiger charge is -2.22. The first-order valence-corrected chi connectivity index (χ1v) is 18.4. The molecule has 0 fully saturated rings. The number of para-hydroxylation sites is 2. The third kappa shape index (κ3) is 5.45. The van der Waals surface area contributed by atoms with Crippen LogP contribution in [0.15, 0.2) is 156 Å². The molecule has 0 bridgehead atoms. The summed E-state index contributed by atoms with van der Waals surface area (Å²) in [4.78, 5) is 9.42. The molecule has 0 amide bonds. The van der Waals surface area contributed by atoms with E-state index in [1.165, 1.54) is 44.5 Å². The van der Waals surface area contributed by atoms with Gasteiger partial charge >= 0.3 is 0 Å². The van der Waals surface area contributed by atoms with Gasteiger partial charge in [-0.15, -0.1) is 0 Å². The van der Waals surface area contributed by atoms with Crippen molar-refractivity contribution in [2.75, 3.05) is 0 Å². The van der Waals surface area contributed by atoms with Crippen molar-refractivity contribution in [1.82, 2.24) is 0 Å². The molecule has 2 aliphatic carbocycles. The van der Waals surface area contributed by atoms with Gasteiger partial charge in [0.25, 0.3) is 0 Å². The topological polar surface area (TPSA) is 65.2 Å². The van der Waals surface area contributed by atoms with E-state index in [2.05, 4.69) is 113 Å². The van der Waals surface area contributed by atoms with Crippen LogP contribution in [-0.2, 0) is 10.8 Å². The summed E-state index contributed by atoms with van der Waals surface area (Å²) >= 11 is 0. The highest BCUT2D eigenvalue weighted by atomic mass is 16.3. The van der Waals surface area contributed by atoms with Crippen molar-refractivity contribution in [2.45, 2.75) is 38.5 Å². The van der Waals surface area contributed by atoms with Gasteiger partial charge < -0.3 is 10.2 Å². The number of rotatable bonds is 6. The summed E-state index contributed by atoms with van der Waals surface area (Å²) in [5.74, 6) is 0.309. The second-order valence-corrected chi connectivity index (χ2v) is 15.4. The molecular formula is C50H40N2O2. The minimum Gasteiger partial charge on any atom is -0.507 e. The lowest BCUT2D eigenvalue weighted by molar-refractivity contribution is 0.474. The van der Waals surface area contributed by atoms with E-state index in [1.54, 1.807) is 24.6 Å². The summed E-state index contributed by atoms with van der Waals surface area (Å²) in [6, 6.07) is 49.4. The van der Waals surface area contributed by atoms with E-state index in [0.29, 0.717) is 22.5 Å². The summed E-state index contributed by atoms with van der Waals surface area (Å²) in [7, 11) is 0. The maximum Gasteiger partial charge on any atom is 0.124 e. The Hall–Kier alpha value is -6.52. The lowest BCUT2D eigenvalue weighted by Crippen LogP contribution is -2.14. The van der Waals surface area contributed by atoms with Crippen molar-refractivity contribution in [3.8, 4) is 56.0 Å². The first kappa shape index (κ1) is 33.3. The minimum absolute atomic E-state index is 0.0945. The molecule has 0 heterocycles. The molecule has 4 heteroatoms. The third-order valence-electron chi connectivity index (χ3n) is 11.5. The number of hydrogen-bond acceptors (Lipinski definition) is 4. The molecule has 54 heavy (non-hydrogen) atoms. The van der Waals surface area contributed by atoms with E-state index in [1.807, 2.05) is 48.5 Å². The quantitative estimate of drug-likeness (QED) is 0.170. The maximum atomic E-state index is 11.1. The number of hydrogen-bond donors (Lipinski definition) is 2. The van der Waals surface area contributed by atoms with Crippen LogP contribution in [-0.4, -0.2) is 22.6 Å². The van der Waals surface area contributed by atoms with E-state index >= 15 is 0 Å². The summed E-state index contributed by atoms with van der Waals surface area (Å²) in [5, 5.41) is 22.2. The third-order valence-corrected chi connectivity index (χ3v) is 11.5. The van der Waals surface area contributed by atoms with Crippen molar-refractivity contribution in [3.05, 3.63) is 179 Å². The Morgan fingerprint density at radius 1 is 0.389 bits per heavy atom. The first-order chi connectivity index (χ1) is 26.1. The fraction of sp³-hybridized carbons (Fsp3) is 0.120. The van der Waals surface area contributed by atoms with E-state index in [4.69, 9.17) is 9.98 Å². The van der Waals surface area contributed by atoms with Crippen molar-refractivity contribution >= 4 is 23.8 Å². The molecule has 4 nitrogen and oxygen atoms in total. The van der Waals surface area contributed by atoms with E-state index in [0.717, 1.165) is 22.3 Å². The summed E-state index contributed by atoms with van der Waals surface area (Å²) in [6.45, 7) is 9.09. The maximum absolute atomic E-state index is 11.1. The highest BCUT2D eigenvalue weighted by Crippen LogP contribution is 2.51. The Balaban J connectivity index is 0.934. The van der Waals surface area contributed by atoms with Gasteiger partial charge in [-0.3, -0.25) is 9.98 Å². The van der Waals surface area contributed by atoms with Gasteiger partial charge in [-0.2, -0.15) is 0 Å². The normalized spacial score (nSPS) is 14.6. The van der Waals surface area contributed by atoms with Crippen molar-refractivity contribution in [1.29, 1.82) is 0 Å². The van der Waals surface area contributed by atoms with Crippen LogP contribution in [0.5, 0.6) is 11.5 Å². The smallest absolute Gasteiger partial charge is 0.124 e. The fourth-order valence-electron chi connectivity index (χ4n) is 8.39. The van der Waals surface area contributed by atoms with E-state index < -0.39 is 0 Å². The van der Waals surface area contributed by atoms with Crippen LogP contribution < -0.4 is 0 Å². The molecule has 7 aromatic rings. The van der Waals surface area contributed by atoms with Gasteiger partial charge in [0.05, 0.1) is 11.4 Å². The molecule has 9 rings (SSSR count). The molecule has 0 spiro atoms. The zero-order valence-electron chi connectivity index (χ0n) is 30.8. The largest absolute Gasteiger partial charge is 0.507 e. The molecule has 262 valence electrons. The molecule has 0 saturated carbocycles. The van der Waals surface area contributed by atoms with Gasteiger partial charge in [0, 0.05) is 34.4 Å². The van der Waals surface area contributed by atoms with Crippen molar-refractivity contribution < 1.29 is 10.2 Å². The number of nitrogens with zero attached hydrogens (tertiary/aromatic N) is 2. The molecule has 2 N–H and O–H groups in total. The zero-order valence-corrected chi connectivity index (χ0v) is 30.8. The standard InChI is InChI=1S/C50H40N2O2/c1-49(2)41-13-7-5-11-37(41)39-23-21-31(25-43(39)49)33-17-19-35(47(53)27-33)29-51-45-15-9-10-16-46(45)52-30-36-20-18-34(28-48(36)54)32-22-24-40-38-12-6-8-14-42(38)50(3,4)44(40)26-32/h5-30,53-54H,1-4H3. The van der Waals surface area contributed by atoms with Crippen LogP contribution in [0.25, 0.3) is 44.5 Å². The molecule has 2 aliphatic rings. The molecule has 0 radical (unpaired) electrons. The van der Waals surface area contributed by atoms with Gasteiger partial charge in [-0.1, -0.05) is 125 Å². The molecular weight excluding hydrogens is 661 g/mol. The second-order valence-electron chi connectivity index (χ2n) is 15.4. The summed E-state index contributed by atoms with van der Waals surface area (Å²) in [5.41, 5.74) is 16.7. The Bertz CT molecular complexity index is 2510. The molecule has 0 saturated heterocycles. The van der Waals surface area contributed by atoms with E-state index in [9.17, 15) is 10.2 Å². The van der Waals surface area contributed by atoms with Gasteiger partial charge in [-0.05, 0) is 115 Å². The summed E-state index contributed by atoms with van der Waals surface area (Å²) < 4.78 is 0. The van der Waals surface area contributed by atoms with Crippen LogP contribution in [0, 0.1) is 0 Å². The van der Waals surface area contributed by atoms with Crippen LogP contribution in [0.4, 0.5) is 11.4 Å². The highest BCUT2D eigenvalue weighted by Gasteiger charge is 2.36. The zero-order chi connectivity index (χ0) is 37.2. The van der Waals surface area contributed by atoms with Crippen molar-refractivity contribution in [3.63, 3.8) is 0 Å². The SMILES string of the molecule is CC1(C)c2ccccc2-c2ccc(-c3ccc(C=Nc4ccccc4N=Cc4ccc(-c5ccc6c(c5)C(C)(C)c5ccccc5-6)cc4O)c(O)c3)cc21. The predicted octanol–water partition coefficient (Wildman–Crippen LogP) is 12.5. The second kappa shape index (κ2) is 12.6. The molecule has 0 atom stereocenters. The number of aliphatic imine (C=N–C) groups is 2. The van der Waals surface area contributed by atoms with Crippen molar-refractivity contribution in [2.24, 2.45) is 9.98 Å². The van der Waals surface area contributed by atoms with Gasteiger partial charge in [0.2, 0.25) is 0 Å². The van der Waals surface area contributed by atoms with Crippen LogP contribution in [0.2, 0.25) is 0 Å². The highest BCUT2D eigenvalue weighted by molar-refractivity contribution is 5.92. The van der Waals surface area contributed by atoms with Gasteiger partial charge in [0.1, 0.15) is 11.5 Å². The van der Waals surface area contributed by atoms with Gasteiger partial charge in [-0.25, -0.2) is 0 Å².